The number of rotatable bonds is 4. The second-order valence-corrected chi connectivity index (χ2v) is 7.11. The van der Waals surface area contributed by atoms with Crippen molar-refractivity contribution in [2.24, 2.45) is 0 Å². The monoisotopic (exact) mass is 306 g/mol. The van der Waals surface area contributed by atoms with E-state index in [1.54, 1.807) is 20.8 Å². The number of esters is 1. The smallest absolute Gasteiger partial charge is 0.308 e. The molecule has 0 aromatic carbocycles. The van der Waals surface area contributed by atoms with Crippen molar-refractivity contribution in [2.75, 3.05) is 0 Å². The van der Waals surface area contributed by atoms with Crippen LogP contribution in [0.3, 0.4) is 0 Å². The number of hydrogen-bond acceptors (Lipinski definition) is 4. The third-order valence-corrected chi connectivity index (χ3v) is 2.45. The van der Waals surface area contributed by atoms with Crippen molar-refractivity contribution < 1.29 is 19.7 Å². The van der Waals surface area contributed by atoms with Gasteiger partial charge in [-0.3, -0.25) is 4.79 Å². The van der Waals surface area contributed by atoms with E-state index in [1.165, 1.54) is 0 Å². The van der Waals surface area contributed by atoms with Crippen molar-refractivity contribution in [3.05, 3.63) is 0 Å². The Morgan fingerprint density at radius 3 is 2.06 bits per heavy atom. The first-order chi connectivity index (χ1) is 7.42. The second-order valence-electron chi connectivity index (χ2n) is 4.74. The lowest BCUT2D eigenvalue weighted by molar-refractivity contribution is -0.157. The van der Waals surface area contributed by atoms with Gasteiger partial charge < -0.3 is 14.9 Å². The van der Waals surface area contributed by atoms with Crippen LogP contribution in [0.1, 0.15) is 33.6 Å². The number of carbonyl (C=O) groups excluding carboxylic acids is 1. The summed E-state index contributed by atoms with van der Waals surface area (Å²) in [6.07, 6.45) is -2.93. The Morgan fingerprint density at radius 1 is 1.24 bits per heavy atom. The standard InChI is InChI=1S/C10H17Cl3O4/c1-9(2,3)17-8(16)5-6(14)4-7(15)10(11,12)13/h6-7,14-15H,4-5H2,1-3H3/t6-,7-/m1/s1. The molecule has 0 saturated carbocycles. The van der Waals surface area contributed by atoms with E-state index in [1.807, 2.05) is 0 Å². The Labute approximate surface area is 116 Å². The lowest BCUT2D eigenvalue weighted by atomic mass is 10.1. The second kappa shape index (κ2) is 6.43. The van der Waals surface area contributed by atoms with Gasteiger partial charge in [0.25, 0.3) is 0 Å². The first kappa shape index (κ1) is 17.3. The Hall–Kier alpha value is 0.260. The average molecular weight is 308 g/mol. The van der Waals surface area contributed by atoms with E-state index < -0.39 is 27.6 Å². The molecule has 102 valence electrons. The minimum Gasteiger partial charge on any atom is -0.460 e. The van der Waals surface area contributed by atoms with E-state index in [0.717, 1.165) is 0 Å². The van der Waals surface area contributed by atoms with Crippen molar-refractivity contribution in [2.45, 2.75) is 55.2 Å². The molecule has 0 amide bonds. The average Bonchev–Trinajstić information content (AvgIpc) is 1.96. The van der Waals surface area contributed by atoms with Gasteiger partial charge in [-0.1, -0.05) is 34.8 Å². The molecule has 0 aliphatic carbocycles. The summed E-state index contributed by atoms with van der Waals surface area (Å²) in [6, 6.07) is 0. The summed E-state index contributed by atoms with van der Waals surface area (Å²) < 4.78 is 3.12. The Bertz CT molecular complexity index is 257. The Balaban J connectivity index is 4.11. The number of halogens is 3. The predicted molar refractivity (Wildman–Crippen MR) is 67.4 cm³/mol. The van der Waals surface area contributed by atoms with Crippen LogP contribution in [-0.4, -0.2) is 37.8 Å². The van der Waals surface area contributed by atoms with Gasteiger partial charge in [-0.2, -0.15) is 0 Å². The molecule has 2 N–H and O–H groups in total. The summed E-state index contributed by atoms with van der Waals surface area (Å²) in [5.41, 5.74) is -0.620. The maximum atomic E-state index is 11.3. The molecule has 2 atom stereocenters. The number of carbonyl (C=O) groups is 1. The zero-order valence-corrected chi connectivity index (χ0v) is 12.2. The van der Waals surface area contributed by atoms with Crippen LogP contribution in [0.2, 0.25) is 0 Å². The fourth-order valence-corrected chi connectivity index (χ4v) is 1.32. The number of aliphatic hydroxyl groups is 2. The van der Waals surface area contributed by atoms with Crippen LogP contribution in [0.5, 0.6) is 0 Å². The highest BCUT2D eigenvalue weighted by atomic mass is 35.6. The summed E-state index contributed by atoms with van der Waals surface area (Å²) in [5.74, 6) is -0.568. The van der Waals surface area contributed by atoms with Crippen molar-refractivity contribution >= 4 is 40.8 Å². The van der Waals surface area contributed by atoms with Gasteiger partial charge in [0.1, 0.15) is 11.7 Å². The van der Waals surface area contributed by atoms with Gasteiger partial charge in [0, 0.05) is 6.42 Å². The van der Waals surface area contributed by atoms with Gasteiger partial charge in [0.05, 0.1) is 12.5 Å². The fourth-order valence-electron chi connectivity index (χ4n) is 1.05. The van der Waals surface area contributed by atoms with Crippen molar-refractivity contribution in [3.8, 4) is 0 Å². The molecule has 7 heteroatoms. The molecule has 0 aromatic heterocycles. The van der Waals surface area contributed by atoms with Crippen LogP contribution in [-0.2, 0) is 9.53 Å². The van der Waals surface area contributed by atoms with Gasteiger partial charge in [-0.05, 0) is 20.8 Å². The molecule has 0 bridgehead atoms. The van der Waals surface area contributed by atoms with E-state index >= 15 is 0 Å². The molecular formula is C10H17Cl3O4. The van der Waals surface area contributed by atoms with E-state index in [9.17, 15) is 15.0 Å². The zero-order chi connectivity index (χ0) is 13.9. The first-order valence-electron chi connectivity index (χ1n) is 5.06. The lowest BCUT2D eigenvalue weighted by Gasteiger charge is -2.23. The minimum absolute atomic E-state index is 0.213. The number of alkyl halides is 3. The minimum atomic E-state index is -1.88. The number of hydrogen-bond donors (Lipinski definition) is 2. The van der Waals surface area contributed by atoms with Crippen LogP contribution in [0.4, 0.5) is 0 Å². The summed E-state index contributed by atoms with van der Waals surface area (Å²) in [7, 11) is 0. The van der Waals surface area contributed by atoms with E-state index in [2.05, 4.69) is 0 Å². The normalized spacial score (nSPS) is 16.5. The molecule has 0 aliphatic heterocycles. The van der Waals surface area contributed by atoms with Crippen molar-refractivity contribution in [1.29, 1.82) is 0 Å². The van der Waals surface area contributed by atoms with Gasteiger partial charge >= 0.3 is 5.97 Å². The fraction of sp³-hybridized carbons (Fsp3) is 0.900. The topological polar surface area (TPSA) is 66.8 Å². The molecule has 0 unspecified atom stereocenters. The van der Waals surface area contributed by atoms with Gasteiger partial charge in [0.15, 0.2) is 0 Å². The van der Waals surface area contributed by atoms with Crippen LogP contribution < -0.4 is 0 Å². The summed E-state index contributed by atoms with van der Waals surface area (Å²) in [6.45, 7) is 5.15. The highest BCUT2D eigenvalue weighted by molar-refractivity contribution is 6.68. The zero-order valence-electron chi connectivity index (χ0n) is 9.91. The molecule has 0 aromatic rings. The molecule has 17 heavy (non-hydrogen) atoms. The third-order valence-electron chi connectivity index (χ3n) is 1.70. The number of ether oxygens (including phenoxy) is 1. The third kappa shape index (κ3) is 8.91. The molecule has 4 nitrogen and oxygen atoms in total. The highest BCUT2D eigenvalue weighted by Crippen LogP contribution is 2.32. The van der Waals surface area contributed by atoms with Gasteiger partial charge in [-0.25, -0.2) is 0 Å². The van der Waals surface area contributed by atoms with Gasteiger partial charge in [-0.15, -0.1) is 0 Å². The lowest BCUT2D eigenvalue weighted by Crippen LogP contribution is -2.32. The molecule has 0 heterocycles. The maximum Gasteiger partial charge on any atom is 0.308 e. The quantitative estimate of drug-likeness (QED) is 0.617. The highest BCUT2D eigenvalue weighted by Gasteiger charge is 2.33. The van der Waals surface area contributed by atoms with E-state index in [-0.39, 0.29) is 12.8 Å². The Morgan fingerprint density at radius 2 is 1.71 bits per heavy atom. The summed E-state index contributed by atoms with van der Waals surface area (Å²) >= 11 is 16.3. The van der Waals surface area contributed by atoms with E-state index in [0.29, 0.717) is 0 Å². The molecule has 0 saturated heterocycles. The predicted octanol–water partition coefficient (Wildman–Crippen LogP) is 2.20. The number of aliphatic hydroxyl groups excluding tert-OH is 2. The summed E-state index contributed by atoms with van der Waals surface area (Å²) in [4.78, 5) is 11.3. The van der Waals surface area contributed by atoms with E-state index in [4.69, 9.17) is 39.5 Å². The van der Waals surface area contributed by atoms with Crippen molar-refractivity contribution in [3.63, 3.8) is 0 Å². The molecule has 0 spiro atoms. The molecular weight excluding hydrogens is 290 g/mol. The first-order valence-corrected chi connectivity index (χ1v) is 6.20. The van der Waals surface area contributed by atoms with Crippen LogP contribution >= 0.6 is 34.8 Å². The van der Waals surface area contributed by atoms with Crippen molar-refractivity contribution in [1.82, 2.24) is 0 Å². The molecule has 0 rings (SSSR count). The summed E-state index contributed by atoms with van der Waals surface area (Å²) in [5, 5.41) is 18.9. The molecule has 0 fully saturated rings. The van der Waals surface area contributed by atoms with Crippen LogP contribution in [0.25, 0.3) is 0 Å². The maximum absolute atomic E-state index is 11.3. The molecule has 0 aliphatic rings. The van der Waals surface area contributed by atoms with Crippen LogP contribution in [0, 0.1) is 0 Å². The SMILES string of the molecule is CC(C)(C)OC(=O)C[C@H](O)C[C@@H](O)C(Cl)(Cl)Cl. The van der Waals surface area contributed by atoms with Gasteiger partial charge in [0.2, 0.25) is 3.79 Å². The Kier molecular flexibility index (Phi) is 6.53. The largest absolute Gasteiger partial charge is 0.460 e. The van der Waals surface area contributed by atoms with Crippen LogP contribution in [0.15, 0.2) is 0 Å². The molecule has 0 radical (unpaired) electrons.